The highest BCUT2D eigenvalue weighted by Crippen LogP contribution is 2.20. The second kappa shape index (κ2) is 9.91. The van der Waals surface area contributed by atoms with Crippen molar-refractivity contribution < 1.29 is 24.3 Å². The number of hydrogen-bond acceptors (Lipinski definition) is 4. The van der Waals surface area contributed by atoms with E-state index in [1.165, 1.54) is 35.4 Å². The van der Waals surface area contributed by atoms with E-state index in [9.17, 15) is 24.3 Å². The van der Waals surface area contributed by atoms with Crippen molar-refractivity contribution in [3.05, 3.63) is 83.1 Å². The number of aryl methyl sites for hydroxylation is 1. The van der Waals surface area contributed by atoms with Gasteiger partial charge in [0.15, 0.2) is 11.8 Å². The average molecular weight is 435 g/mol. The maximum atomic E-state index is 12.5. The van der Waals surface area contributed by atoms with Crippen LogP contribution in [0.2, 0.25) is 0 Å². The molecule has 3 amide bonds. The molecular formula is C24H25N3O5. The summed E-state index contributed by atoms with van der Waals surface area (Å²) in [5.41, 5.74) is 4.04. The first-order valence-corrected chi connectivity index (χ1v) is 10.2. The Morgan fingerprint density at radius 2 is 1.78 bits per heavy atom. The zero-order valence-corrected chi connectivity index (χ0v) is 17.9. The van der Waals surface area contributed by atoms with Crippen molar-refractivity contribution in [3.63, 3.8) is 0 Å². The third-order valence-corrected chi connectivity index (χ3v) is 5.34. The Hall–Kier alpha value is -3.94. The van der Waals surface area contributed by atoms with Gasteiger partial charge in [0.2, 0.25) is 0 Å². The molecule has 8 heteroatoms. The molecular weight excluding hydrogens is 410 g/mol. The van der Waals surface area contributed by atoms with Gasteiger partial charge in [0, 0.05) is 19.3 Å². The maximum absolute atomic E-state index is 12.5. The number of carboxylic acids is 1. The molecule has 2 atom stereocenters. The summed E-state index contributed by atoms with van der Waals surface area (Å²) in [4.78, 5) is 49.1. The standard InChI is InChI=1S/C24H25N3O5/c1-15-5-3-4-6-18(15)13-16-7-9-17(10-8-16)19(14-21(29)30)25-24(32)26-22-20(28)11-12-27(2)23(22)31/h3-12,19,22H,13-14H2,1-2H3,(H,29,30)(H2,25,26,32). The summed E-state index contributed by atoms with van der Waals surface area (Å²) in [6, 6.07) is 12.4. The highest BCUT2D eigenvalue weighted by atomic mass is 16.4. The quantitative estimate of drug-likeness (QED) is 0.578. The van der Waals surface area contributed by atoms with Gasteiger partial charge >= 0.3 is 12.0 Å². The molecule has 3 rings (SSSR count). The van der Waals surface area contributed by atoms with Crippen LogP contribution in [0.15, 0.2) is 60.8 Å². The Labute approximate surface area is 185 Å². The van der Waals surface area contributed by atoms with Gasteiger partial charge in [-0.1, -0.05) is 48.5 Å². The van der Waals surface area contributed by atoms with Gasteiger partial charge < -0.3 is 20.6 Å². The zero-order valence-electron chi connectivity index (χ0n) is 17.9. The van der Waals surface area contributed by atoms with E-state index < -0.39 is 35.8 Å². The monoisotopic (exact) mass is 435 g/mol. The van der Waals surface area contributed by atoms with Gasteiger partial charge in [-0.25, -0.2) is 4.79 Å². The van der Waals surface area contributed by atoms with Crippen molar-refractivity contribution in [2.75, 3.05) is 7.05 Å². The van der Waals surface area contributed by atoms with E-state index >= 15 is 0 Å². The van der Waals surface area contributed by atoms with Crippen molar-refractivity contribution >= 4 is 23.7 Å². The van der Waals surface area contributed by atoms with Gasteiger partial charge in [-0.3, -0.25) is 14.4 Å². The van der Waals surface area contributed by atoms with E-state index in [0.29, 0.717) is 5.56 Å². The summed E-state index contributed by atoms with van der Waals surface area (Å²) in [5, 5.41) is 14.2. The van der Waals surface area contributed by atoms with E-state index in [4.69, 9.17) is 0 Å². The first kappa shape index (κ1) is 22.7. The van der Waals surface area contributed by atoms with Crippen molar-refractivity contribution in [1.82, 2.24) is 15.5 Å². The third-order valence-electron chi connectivity index (χ3n) is 5.34. The number of carbonyl (C=O) groups excluding carboxylic acids is 3. The Morgan fingerprint density at radius 1 is 1.09 bits per heavy atom. The Balaban J connectivity index is 1.70. The largest absolute Gasteiger partial charge is 0.481 e. The number of aliphatic carboxylic acids is 1. The maximum Gasteiger partial charge on any atom is 0.316 e. The summed E-state index contributed by atoms with van der Waals surface area (Å²) in [6.45, 7) is 2.05. The molecule has 0 bridgehead atoms. The number of benzene rings is 2. The predicted molar refractivity (Wildman–Crippen MR) is 118 cm³/mol. The fourth-order valence-corrected chi connectivity index (χ4v) is 3.47. The number of carboxylic acid groups (broad SMARTS) is 1. The molecule has 32 heavy (non-hydrogen) atoms. The number of carbonyl (C=O) groups is 4. The molecule has 0 fully saturated rings. The molecule has 0 spiro atoms. The summed E-state index contributed by atoms with van der Waals surface area (Å²) in [7, 11) is 1.48. The molecule has 3 N–H and O–H groups in total. The molecule has 2 aromatic rings. The molecule has 0 aliphatic carbocycles. The third kappa shape index (κ3) is 5.60. The lowest BCUT2D eigenvalue weighted by molar-refractivity contribution is -0.138. The minimum Gasteiger partial charge on any atom is -0.481 e. The lowest BCUT2D eigenvalue weighted by Gasteiger charge is -2.25. The fourth-order valence-electron chi connectivity index (χ4n) is 3.47. The van der Waals surface area contributed by atoms with E-state index in [1.54, 1.807) is 12.1 Å². The minimum absolute atomic E-state index is 0.350. The Morgan fingerprint density at radius 3 is 2.44 bits per heavy atom. The van der Waals surface area contributed by atoms with Crippen LogP contribution in [-0.4, -0.2) is 46.8 Å². The molecule has 0 radical (unpaired) electrons. The number of amides is 3. The summed E-state index contributed by atoms with van der Waals surface area (Å²) < 4.78 is 0. The number of rotatable bonds is 7. The molecule has 0 aromatic heterocycles. The van der Waals surface area contributed by atoms with Crippen LogP contribution >= 0.6 is 0 Å². The number of likely N-dealkylation sites (N-methyl/N-ethyl adjacent to an activating group) is 1. The number of nitrogens with zero attached hydrogens (tertiary/aromatic N) is 1. The second-order valence-electron chi connectivity index (χ2n) is 7.71. The molecule has 1 aliphatic heterocycles. The average Bonchev–Trinajstić information content (AvgIpc) is 2.75. The summed E-state index contributed by atoms with van der Waals surface area (Å²) in [5.74, 6) is -2.20. The molecule has 0 saturated heterocycles. The summed E-state index contributed by atoms with van der Waals surface area (Å²) in [6.07, 6.45) is 2.91. The Bertz CT molecular complexity index is 1060. The Kier molecular flexibility index (Phi) is 7.04. The topological polar surface area (TPSA) is 116 Å². The highest BCUT2D eigenvalue weighted by molar-refractivity contribution is 6.14. The minimum atomic E-state index is -1.34. The number of ketones is 1. The van der Waals surface area contributed by atoms with Crippen molar-refractivity contribution in [2.24, 2.45) is 0 Å². The fraction of sp³-hybridized carbons (Fsp3) is 0.250. The van der Waals surface area contributed by atoms with E-state index in [0.717, 1.165) is 12.0 Å². The van der Waals surface area contributed by atoms with Gasteiger partial charge in [-0.15, -0.1) is 0 Å². The van der Waals surface area contributed by atoms with Crippen LogP contribution in [0.25, 0.3) is 0 Å². The smallest absolute Gasteiger partial charge is 0.316 e. The molecule has 1 heterocycles. The number of hydrogen-bond donors (Lipinski definition) is 3. The first-order valence-electron chi connectivity index (χ1n) is 10.2. The van der Waals surface area contributed by atoms with Crippen LogP contribution in [0.5, 0.6) is 0 Å². The summed E-state index contributed by atoms with van der Waals surface area (Å²) >= 11 is 0. The molecule has 2 aromatic carbocycles. The SMILES string of the molecule is Cc1ccccc1Cc1ccc(C(CC(=O)O)NC(=O)NC2C(=O)C=CN(C)C2=O)cc1. The normalized spacial score (nSPS) is 16.6. The van der Waals surface area contributed by atoms with Crippen molar-refractivity contribution in [3.8, 4) is 0 Å². The lowest BCUT2D eigenvalue weighted by atomic mass is 9.97. The van der Waals surface area contributed by atoms with Crippen LogP contribution in [0.3, 0.4) is 0 Å². The molecule has 2 unspecified atom stereocenters. The van der Waals surface area contributed by atoms with Crippen LogP contribution in [0.4, 0.5) is 4.79 Å². The second-order valence-corrected chi connectivity index (χ2v) is 7.71. The van der Waals surface area contributed by atoms with Gasteiger partial charge in [0.25, 0.3) is 5.91 Å². The highest BCUT2D eigenvalue weighted by Gasteiger charge is 2.32. The van der Waals surface area contributed by atoms with Gasteiger partial charge in [-0.05, 0) is 35.6 Å². The molecule has 8 nitrogen and oxygen atoms in total. The van der Waals surface area contributed by atoms with Gasteiger partial charge in [0.1, 0.15) is 0 Å². The van der Waals surface area contributed by atoms with Crippen LogP contribution in [0, 0.1) is 6.92 Å². The van der Waals surface area contributed by atoms with E-state index in [1.807, 2.05) is 37.3 Å². The number of nitrogens with one attached hydrogen (secondary N) is 2. The van der Waals surface area contributed by atoms with Gasteiger partial charge in [-0.2, -0.15) is 0 Å². The molecule has 0 saturated carbocycles. The zero-order chi connectivity index (χ0) is 23.3. The van der Waals surface area contributed by atoms with Crippen LogP contribution in [-0.2, 0) is 20.8 Å². The van der Waals surface area contributed by atoms with Crippen molar-refractivity contribution in [1.29, 1.82) is 0 Å². The predicted octanol–water partition coefficient (Wildman–Crippen LogP) is 2.32. The molecule has 1 aliphatic rings. The van der Waals surface area contributed by atoms with Crippen LogP contribution in [0.1, 0.15) is 34.7 Å². The van der Waals surface area contributed by atoms with Crippen molar-refractivity contribution in [2.45, 2.75) is 31.8 Å². The van der Waals surface area contributed by atoms with Gasteiger partial charge in [0.05, 0.1) is 12.5 Å². The number of urea groups is 1. The van der Waals surface area contributed by atoms with E-state index in [2.05, 4.69) is 16.7 Å². The van der Waals surface area contributed by atoms with E-state index in [-0.39, 0.29) is 6.42 Å². The van der Waals surface area contributed by atoms with Crippen LogP contribution < -0.4 is 10.6 Å². The first-order chi connectivity index (χ1) is 15.2. The lowest BCUT2D eigenvalue weighted by Crippen LogP contribution is -2.55. The molecule has 166 valence electrons.